The molecular formula is C34H39F3N8O7. The molecule has 4 heterocycles. The Labute approximate surface area is 295 Å². The summed E-state index contributed by atoms with van der Waals surface area (Å²) in [6, 6.07) is 6.33. The third-order valence-electron chi connectivity index (χ3n) is 8.93. The van der Waals surface area contributed by atoms with Crippen molar-refractivity contribution in [2.45, 2.75) is 88.6 Å². The zero-order valence-corrected chi connectivity index (χ0v) is 28.2. The predicted octanol–water partition coefficient (Wildman–Crippen LogP) is 1.52. The number of carbonyl (C=O) groups is 6. The van der Waals surface area contributed by atoms with Crippen LogP contribution in [0.25, 0.3) is 5.65 Å². The monoisotopic (exact) mass is 728 g/mol. The van der Waals surface area contributed by atoms with Gasteiger partial charge in [-0.25, -0.2) is 14.3 Å². The topological polar surface area (TPSA) is 204 Å². The number of carboxylic acids is 1. The molecule has 0 bridgehead atoms. The summed E-state index contributed by atoms with van der Waals surface area (Å²) in [4.78, 5) is 83.8. The van der Waals surface area contributed by atoms with E-state index in [1.165, 1.54) is 11.8 Å². The first-order valence-electron chi connectivity index (χ1n) is 16.9. The van der Waals surface area contributed by atoms with Crippen LogP contribution in [-0.2, 0) is 36.6 Å². The number of hydrogen-bond acceptors (Lipinski definition) is 8. The molecule has 0 unspecified atom stereocenters. The molecule has 5 amide bonds. The van der Waals surface area contributed by atoms with Crippen molar-refractivity contribution in [1.82, 2.24) is 40.8 Å². The van der Waals surface area contributed by atoms with Crippen molar-refractivity contribution >= 4 is 41.2 Å². The molecule has 1 aromatic carbocycles. The van der Waals surface area contributed by atoms with E-state index in [-0.39, 0.29) is 56.5 Å². The van der Waals surface area contributed by atoms with Crippen LogP contribution < -0.4 is 21.3 Å². The fraction of sp³-hybridized carbons (Fsp3) is 0.471. The number of halogens is 3. The van der Waals surface area contributed by atoms with Gasteiger partial charge < -0.3 is 31.3 Å². The second-order valence-electron chi connectivity index (χ2n) is 12.9. The Bertz CT molecular complexity index is 1830. The zero-order chi connectivity index (χ0) is 37.6. The molecule has 2 aromatic heterocycles. The van der Waals surface area contributed by atoms with Gasteiger partial charge in [0.2, 0.25) is 23.6 Å². The second-order valence-corrected chi connectivity index (χ2v) is 12.9. The number of hydrogen-bond donors (Lipinski definition) is 5. The summed E-state index contributed by atoms with van der Waals surface area (Å²) in [7, 11) is 0. The summed E-state index contributed by atoms with van der Waals surface area (Å²) >= 11 is 0. The maximum Gasteiger partial charge on any atom is 0.433 e. The Morgan fingerprint density at radius 1 is 1.04 bits per heavy atom. The van der Waals surface area contributed by atoms with Crippen LogP contribution >= 0.6 is 0 Å². The number of amides is 5. The van der Waals surface area contributed by atoms with Gasteiger partial charge in [0.15, 0.2) is 11.3 Å². The Hall–Kier alpha value is -5.55. The first-order valence-corrected chi connectivity index (χ1v) is 16.9. The molecule has 2 saturated heterocycles. The van der Waals surface area contributed by atoms with Crippen LogP contribution in [0.4, 0.5) is 13.2 Å². The van der Waals surface area contributed by atoms with Crippen molar-refractivity contribution < 1.29 is 47.0 Å². The highest BCUT2D eigenvalue weighted by Crippen LogP contribution is 2.30. The molecule has 5 rings (SSSR count). The molecule has 5 N–H and O–H groups in total. The summed E-state index contributed by atoms with van der Waals surface area (Å²) in [5.74, 6) is -4.62. The molecule has 2 aliphatic heterocycles. The maximum atomic E-state index is 14.2. The van der Waals surface area contributed by atoms with Crippen LogP contribution in [-0.4, -0.2) is 97.4 Å². The van der Waals surface area contributed by atoms with Crippen LogP contribution in [0.15, 0.2) is 42.5 Å². The third-order valence-corrected chi connectivity index (χ3v) is 8.93. The highest BCUT2D eigenvalue weighted by Gasteiger charge is 2.44. The molecule has 0 spiro atoms. The van der Waals surface area contributed by atoms with E-state index >= 15 is 0 Å². The second kappa shape index (κ2) is 16.2. The first kappa shape index (κ1) is 37.7. The number of carbonyl (C=O) groups excluding carboxylic acids is 5. The van der Waals surface area contributed by atoms with Gasteiger partial charge in [0.05, 0.1) is 0 Å². The van der Waals surface area contributed by atoms with Gasteiger partial charge in [0.25, 0.3) is 5.91 Å². The van der Waals surface area contributed by atoms with Gasteiger partial charge in [-0.05, 0) is 57.1 Å². The molecule has 2 fully saturated rings. The number of rotatable bonds is 7. The smallest absolute Gasteiger partial charge is 0.433 e. The van der Waals surface area contributed by atoms with Crippen LogP contribution in [0.1, 0.15) is 72.4 Å². The quantitative estimate of drug-likeness (QED) is 0.239. The van der Waals surface area contributed by atoms with Gasteiger partial charge in [-0.15, -0.1) is 0 Å². The van der Waals surface area contributed by atoms with Crippen molar-refractivity contribution in [1.29, 1.82) is 0 Å². The minimum Gasteiger partial charge on any atom is -0.480 e. The van der Waals surface area contributed by atoms with Crippen molar-refractivity contribution in [3.05, 3.63) is 65.1 Å². The number of nitrogens with one attached hydrogen (secondary N) is 4. The average Bonchev–Trinajstić information content (AvgIpc) is 3.72. The van der Waals surface area contributed by atoms with E-state index in [9.17, 15) is 47.0 Å². The van der Waals surface area contributed by atoms with Crippen LogP contribution in [0, 0.1) is 6.92 Å². The lowest BCUT2D eigenvalue weighted by atomic mass is 10.1. The highest BCUT2D eigenvalue weighted by atomic mass is 19.4. The fourth-order valence-corrected chi connectivity index (χ4v) is 6.32. The van der Waals surface area contributed by atoms with E-state index in [0.717, 1.165) is 17.7 Å². The fourth-order valence-electron chi connectivity index (χ4n) is 6.32. The van der Waals surface area contributed by atoms with E-state index in [1.807, 2.05) is 30.3 Å². The number of carboxylic acid groups (broad SMARTS) is 1. The van der Waals surface area contributed by atoms with Gasteiger partial charge in [0.1, 0.15) is 23.8 Å². The van der Waals surface area contributed by atoms with Gasteiger partial charge in [-0.1, -0.05) is 30.3 Å². The predicted molar refractivity (Wildman–Crippen MR) is 176 cm³/mol. The maximum absolute atomic E-state index is 14.2. The van der Waals surface area contributed by atoms with E-state index in [1.54, 1.807) is 0 Å². The minimum atomic E-state index is -4.79. The van der Waals surface area contributed by atoms with Crippen LogP contribution in [0.2, 0.25) is 0 Å². The molecule has 3 aromatic rings. The minimum absolute atomic E-state index is 0.0541. The van der Waals surface area contributed by atoms with E-state index < -0.39 is 77.2 Å². The summed E-state index contributed by atoms with van der Waals surface area (Å²) in [6.07, 6.45) is -3.92. The number of alkyl halides is 3. The van der Waals surface area contributed by atoms with E-state index in [0.29, 0.717) is 23.8 Å². The van der Waals surface area contributed by atoms with E-state index in [4.69, 9.17) is 0 Å². The molecular weight excluding hydrogens is 689 g/mol. The van der Waals surface area contributed by atoms with Crippen LogP contribution in [0.3, 0.4) is 0 Å². The van der Waals surface area contributed by atoms with Gasteiger partial charge >= 0.3 is 12.1 Å². The van der Waals surface area contributed by atoms with Gasteiger partial charge in [-0.2, -0.15) is 18.3 Å². The Kier molecular flexibility index (Phi) is 11.7. The van der Waals surface area contributed by atoms with Gasteiger partial charge in [0, 0.05) is 43.7 Å². The van der Waals surface area contributed by atoms with Crippen molar-refractivity contribution in [3.8, 4) is 0 Å². The van der Waals surface area contributed by atoms with Gasteiger partial charge in [-0.3, -0.25) is 24.0 Å². The van der Waals surface area contributed by atoms with Crippen LogP contribution in [0.5, 0.6) is 0 Å². The average molecular weight is 729 g/mol. The normalized spacial score (nSPS) is 22.1. The zero-order valence-electron chi connectivity index (χ0n) is 28.2. The summed E-state index contributed by atoms with van der Waals surface area (Å²) in [6.45, 7) is 1.37. The van der Waals surface area contributed by atoms with Crippen molar-refractivity contribution in [3.63, 3.8) is 0 Å². The van der Waals surface area contributed by atoms with Crippen molar-refractivity contribution in [2.75, 3.05) is 13.1 Å². The molecule has 0 aliphatic carbocycles. The first-order chi connectivity index (χ1) is 24.7. The highest BCUT2D eigenvalue weighted by molar-refractivity contribution is 5.96. The number of aryl methyl sites for hydroxylation is 2. The largest absolute Gasteiger partial charge is 0.480 e. The lowest BCUT2D eigenvalue weighted by Crippen LogP contribution is -2.55. The molecule has 0 radical (unpaired) electrons. The molecule has 15 nitrogen and oxygen atoms in total. The molecule has 278 valence electrons. The lowest BCUT2D eigenvalue weighted by molar-refractivity contribution is -0.145. The number of aliphatic carboxylic acids is 1. The van der Waals surface area contributed by atoms with Crippen molar-refractivity contribution in [2.24, 2.45) is 0 Å². The Morgan fingerprint density at radius 3 is 2.50 bits per heavy atom. The molecule has 0 saturated carbocycles. The lowest BCUT2D eigenvalue weighted by Gasteiger charge is -2.29. The third kappa shape index (κ3) is 9.41. The molecule has 4 atom stereocenters. The number of benzene rings is 1. The standard InChI is InChI=1S/C34H39F3N8O7/c1-19-15-26(34(35,36)37)45-27(39-19)17-24(43-45)30(48)40-21-16-25-31(49)42-23(33(51)52)11-13-28(46)38-14-6-5-9-22(32(50)44(25)18-21)41-29(47)12-10-20-7-3-2-4-8-20/h2-4,7-8,15,17,21-23,25H,5-6,9-14,16,18H2,1H3,(H,38,46)(H,40,48)(H,41,47)(H,42,49)(H,51,52)/t21-,22+,23+,25+/m1/s1. The summed E-state index contributed by atoms with van der Waals surface area (Å²) in [5, 5.41) is 24.1. The molecule has 18 heteroatoms. The molecule has 52 heavy (non-hydrogen) atoms. The molecule has 2 aliphatic rings. The number of aromatic nitrogens is 3. The SMILES string of the molecule is Cc1cc(C(F)(F)F)n2nc(C(=O)N[C@@H]3C[C@H]4C(=O)N[C@H](C(=O)O)CCC(=O)NCCCC[C@H](NC(=O)CCc5ccccc5)C(=O)N4C3)cc2n1. The summed E-state index contributed by atoms with van der Waals surface area (Å²) in [5.41, 5.74) is -0.776. The number of fused-ring (bicyclic) bond motifs is 2. The summed E-state index contributed by atoms with van der Waals surface area (Å²) < 4.78 is 41.6. The Balaban J connectivity index is 1.39. The number of nitrogens with zero attached hydrogens (tertiary/aromatic N) is 4. The Morgan fingerprint density at radius 2 is 1.79 bits per heavy atom. The van der Waals surface area contributed by atoms with E-state index in [2.05, 4.69) is 31.3 Å².